The first kappa shape index (κ1) is 18.6. The SMILES string of the molecule is CCO/N=C/c1oc(SCCC(F)=C(F)F)nc1C(C)(C)C. The monoisotopic (exact) mass is 336 g/mol. The zero-order valence-corrected chi connectivity index (χ0v) is 13.8. The van der Waals surface area contributed by atoms with Gasteiger partial charge in [-0.15, -0.1) is 0 Å². The van der Waals surface area contributed by atoms with Crippen LogP contribution >= 0.6 is 11.8 Å². The fourth-order valence-corrected chi connectivity index (χ4v) is 2.24. The van der Waals surface area contributed by atoms with Crippen LogP contribution in [0.25, 0.3) is 0 Å². The molecule has 0 N–H and O–H groups in total. The van der Waals surface area contributed by atoms with Crippen LogP contribution in [0.3, 0.4) is 0 Å². The van der Waals surface area contributed by atoms with E-state index < -0.39 is 11.9 Å². The smallest absolute Gasteiger partial charge is 0.301 e. The topological polar surface area (TPSA) is 47.6 Å². The lowest BCUT2D eigenvalue weighted by Gasteiger charge is -2.14. The highest BCUT2D eigenvalue weighted by Crippen LogP contribution is 2.30. The number of allylic oxidation sites excluding steroid dienone is 1. The predicted octanol–water partition coefficient (Wildman–Crippen LogP) is 4.90. The lowest BCUT2D eigenvalue weighted by atomic mass is 9.91. The third-order valence-corrected chi connectivity index (χ3v) is 3.30. The Balaban J connectivity index is 2.82. The summed E-state index contributed by atoms with van der Waals surface area (Å²) in [7, 11) is 0. The highest BCUT2D eigenvalue weighted by molar-refractivity contribution is 7.99. The fraction of sp³-hybridized carbons (Fsp3) is 0.571. The number of thioether (sulfide) groups is 1. The molecular weight excluding hydrogens is 317 g/mol. The molecule has 124 valence electrons. The van der Waals surface area contributed by atoms with Crippen molar-refractivity contribution in [3.63, 3.8) is 0 Å². The summed E-state index contributed by atoms with van der Waals surface area (Å²) in [5.74, 6) is -0.862. The summed E-state index contributed by atoms with van der Waals surface area (Å²) in [6.45, 7) is 8.10. The predicted molar refractivity (Wildman–Crippen MR) is 80.1 cm³/mol. The van der Waals surface area contributed by atoms with Crippen molar-refractivity contribution >= 4 is 18.0 Å². The highest BCUT2D eigenvalue weighted by atomic mass is 32.2. The second kappa shape index (κ2) is 8.26. The molecule has 0 spiro atoms. The Morgan fingerprint density at radius 3 is 2.59 bits per heavy atom. The normalized spacial score (nSPS) is 12.0. The van der Waals surface area contributed by atoms with Crippen LogP contribution in [0.2, 0.25) is 0 Å². The Hall–Kier alpha value is -1.44. The van der Waals surface area contributed by atoms with Gasteiger partial charge in [0.15, 0.2) is 11.6 Å². The van der Waals surface area contributed by atoms with E-state index in [-0.39, 0.29) is 22.8 Å². The third-order valence-electron chi connectivity index (χ3n) is 2.47. The number of oxazole rings is 1. The van der Waals surface area contributed by atoms with Crippen molar-refractivity contribution in [1.29, 1.82) is 0 Å². The van der Waals surface area contributed by atoms with Crippen molar-refractivity contribution in [3.8, 4) is 0 Å². The number of hydrogen-bond donors (Lipinski definition) is 0. The molecule has 0 aliphatic carbocycles. The fourth-order valence-electron chi connectivity index (χ4n) is 1.48. The van der Waals surface area contributed by atoms with Gasteiger partial charge >= 0.3 is 6.08 Å². The molecule has 0 saturated heterocycles. The van der Waals surface area contributed by atoms with E-state index in [0.717, 1.165) is 11.8 Å². The molecule has 1 aromatic rings. The van der Waals surface area contributed by atoms with Gasteiger partial charge in [0, 0.05) is 17.6 Å². The molecule has 8 heteroatoms. The molecule has 0 aliphatic heterocycles. The van der Waals surface area contributed by atoms with Crippen molar-refractivity contribution in [1.82, 2.24) is 4.98 Å². The van der Waals surface area contributed by atoms with Crippen molar-refractivity contribution in [2.75, 3.05) is 12.4 Å². The summed E-state index contributed by atoms with van der Waals surface area (Å²) in [6, 6.07) is 0. The molecule has 1 aromatic heterocycles. The molecule has 0 bridgehead atoms. The summed E-state index contributed by atoms with van der Waals surface area (Å²) in [5.41, 5.74) is 0.387. The molecule has 0 unspecified atom stereocenters. The molecule has 1 heterocycles. The molecule has 22 heavy (non-hydrogen) atoms. The maximum Gasteiger partial charge on any atom is 0.301 e. The molecule has 0 radical (unpaired) electrons. The Bertz CT molecular complexity index is 547. The summed E-state index contributed by atoms with van der Waals surface area (Å²) in [5, 5.41) is 4.03. The number of nitrogens with zero attached hydrogens (tertiary/aromatic N) is 2. The van der Waals surface area contributed by atoms with Crippen molar-refractivity contribution in [2.45, 2.75) is 44.8 Å². The van der Waals surface area contributed by atoms with Gasteiger partial charge in [-0.1, -0.05) is 37.7 Å². The van der Waals surface area contributed by atoms with Gasteiger partial charge in [0.1, 0.15) is 12.8 Å². The van der Waals surface area contributed by atoms with Gasteiger partial charge in [-0.3, -0.25) is 0 Å². The molecule has 4 nitrogen and oxygen atoms in total. The first-order valence-corrected chi connectivity index (χ1v) is 7.73. The second-order valence-electron chi connectivity index (χ2n) is 5.36. The van der Waals surface area contributed by atoms with E-state index >= 15 is 0 Å². The molecule has 0 saturated carbocycles. The average molecular weight is 336 g/mol. The van der Waals surface area contributed by atoms with Gasteiger partial charge in [-0.05, 0) is 6.92 Å². The minimum Gasteiger partial charge on any atom is -0.430 e. The van der Waals surface area contributed by atoms with Crippen LogP contribution < -0.4 is 0 Å². The van der Waals surface area contributed by atoms with Gasteiger partial charge in [-0.2, -0.15) is 8.78 Å². The molecule has 0 atom stereocenters. The minimum atomic E-state index is -2.28. The first-order chi connectivity index (χ1) is 10.3. The summed E-state index contributed by atoms with van der Waals surface area (Å²) >= 11 is 1.07. The standard InChI is InChI=1S/C14H19F3N2O2S/c1-5-20-18-8-10-11(14(2,3)4)19-13(21-10)22-7-6-9(15)12(16)17/h8H,5-7H2,1-4H3/b18-8+. The zero-order chi connectivity index (χ0) is 16.8. The van der Waals surface area contributed by atoms with Crippen molar-refractivity contribution in [3.05, 3.63) is 23.4 Å². The molecule has 0 fully saturated rings. The van der Waals surface area contributed by atoms with E-state index in [0.29, 0.717) is 18.1 Å². The quantitative estimate of drug-likeness (QED) is 0.403. The van der Waals surface area contributed by atoms with Crippen LogP contribution in [0.15, 0.2) is 26.7 Å². The van der Waals surface area contributed by atoms with Crippen molar-refractivity contribution in [2.24, 2.45) is 5.16 Å². The highest BCUT2D eigenvalue weighted by Gasteiger charge is 2.24. The first-order valence-electron chi connectivity index (χ1n) is 6.74. The number of aromatic nitrogens is 1. The van der Waals surface area contributed by atoms with E-state index in [1.165, 1.54) is 6.21 Å². The van der Waals surface area contributed by atoms with E-state index in [4.69, 9.17) is 9.25 Å². The van der Waals surface area contributed by atoms with Crippen LogP contribution in [0, 0.1) is 0 Å². The van der Waals surface area contributed by atoms with Gasteiger partial charge < -0.3 is 9.25 Å². The Morgan fingerprint density at radius 1 is 1.36 bits per heavy atom. The number of hydrogen-bond acceptors (Lipinski definition) is 5. The Kier molecular flexibility index (Phi) is 6.99. The van der Waals surface area contributed by atoms with Gasteiger partial charge in [-0.25, -0.2) is 9.37 Å². The van der Waals surface area contributed by atoms with Crippen LogP contribution in [0.5, 0.6) is 0 Å². The average Bonchev–Trinajstić information content (AvgIpc) is 2.82. The lowest BCUT2D eigenvalue weighted by Crippen LogP contribution is -2.14. The summed E-state index contributed by atoms with van der Waals surface area (Å²) < 4.78 is 42.2. The van der Waals surface area contributed by atoms with Gasteiger partial charge in [0.25, 0.3) is 5.22 Å². The van der Waals surface area contributed by atoms with Crippen LogP contribution in [0.1, 0.15) is 45.6 Å². The maximum atomic E-state index is 12.7. The third kappa shape index (κ3) is 5.75. The second-order valence-corrected chi connectivity index (χ2v) is 6.40. The van der Waals surface area contributed by atoms with Crippen LogP contribution in [-0.2, 0) is 10.3 Å². The summed E-state index contributed by atoms with van der Waals surface area (Å²) in [6.07, 6.45) is -1.24. The molecular formula is C14H19F3N2O2S. The summed E-state index contributed by atoms with van der Waals surface area (Å²) in [4.78, 5) is 9.21. The van der Waals surface area contributed by atoms with Gasteiger partial charge in [0.05, 0.1) is 5.69 Å². The zero-order valence-electron chi connectivity index (χ0n) is 13.0. The molecule has 0 aliphatic rings. The van der Waals surface area contributed by atoms with E-state index in [1.54, 1.807) is 6.92 Å². The number of halogens is 3. The van der Waals surface area contributed by atoms with E-state index in [1.807, 2.05) is 20.8 Å². The maximum absolute atomic E-state index is 12.7. The molecule has 0 amide bonds. The lowest BCUT2D eigenvalue weighted by molar-refractivity contribution is 0.160. The number of oxime groups is 1. The minimum absolute atomic E-state index is 0.106. The molecule has 0 aromatic carbocycles. The van der Waals surface area contributed by atoms with Crippen LogP contribution in [0.4, 0.5) is 13.2 Å². The number of rotatable bonds is 7. The largest absolute Gasteiger partial charge is 0.430 e. The van der Waals surface area contributed by atoms with E-state index in [2.05, 4.69) is 10.1 Å². The Labute approximate surface area is 131 Å². The van der Waals surface area contributed by atoms with Gasteiger partial charge in [0.2, 0.25) is 0 Å². The Morgan fingerprint density at radius 2 is 2.05 bits per heavy atom. The molecule has 1 rings (SSSR count). The van der Waals surface area contributed by atoms with Crippen LogP contribution in [-0.4, -0.2) is 23.6 Å². The van der Waals surface area contributed by atoms with E-state index in [9.17, 15) is 13.2 Å². The van der Waals surface area contributed by atoms with Crippen molar-refractivity contribution < 1.29 is 22.4 Å².